The summed E-state index contributed by atoms with van der Waals surface area (Å²) < 4.78 is 31.2. The predicted molar refractivity (Wildman–Crippen MR) is 72.9 cm³/mol. The number of aliphatic hydroxyl groups is 1. The van der Waals surface area contributed by atoms with Gasteiger partial charge in [0, 0.05) is 6.54 Å². The number of carbonyl (C=O) groups is 1. The molecule has 0 radical (unpaired) electrons. The van der Waals surface area contributed by atoms with Crippen LogP contribution in [0.15, 0.2) is 18.5 Å². The van der Waals surface area contributed by atoms with E-state index in [-0.39, 0.29) is 4.90 Å². The summed E-state index contributed by atoms with van der Waals surface area (Å²) in [7, 11) is -2.69. The van der Waals surface area contributed by atoms with Gasteiger partial charge in [0.05, 0.1) is 14.7 Å². The first kappa shape index (κ1) is 16.1. The largest absolute Gasteiger partial charge is 0.467 e. The SMILES string of the molecule is COC(=O)C(O)CNS(=O)(=O)c1cc(Br)sc1Br. The molecule has 0 spiro atoms. The predicted octanol–water partition coefficient (Wildman–Crippen LogP) is 1.09. The van der Waals surface area contributed by atoms with Crippen molar-refractivity contribution in [1.29, 1.82) is 0 Å². The van der Waals surface area contributed by atoms with Crippen LogP contribution in [0, 0.1) is 0 Å². The average Bonchev–Trinajstić information content (AvgIpc) is 2.65. The van der Waals surface area contributed by atoms with E-state index in [4.69, 9.17) is 0 Å². The summed E-state index contributed by atoms with van der Waals surface area (Å²) in [5.41, 5.74) is 0. The quantitative estimate of drug-likeness (QED) is 0.692. The molecule has 0 saturated carbocycles. The topological polar surface area (TPSA) is 92.7 Å². The van der Waals surface area contributed by atoms with Crippen LogP contribution >= 0.6 is 43.2 Å². The molecule has 0 aromatic carbocycles. The van der Waals surface area contributed by atoms with Crippen LogP contribution in [0.4, 0.5) is 0 Å². The Morgan fingerprint density at radius 2 is 2.22 bits per heavy atom. The number of rotatable bonds is 5. The summed E-state index contributed by atoms with van der Waals surface area (Å²) >= 11 is 7.48. The summed E-state index contributed by atoms with van der Waals surface area (Å²) in [5.74, 6) is -0.900. The van der Waals surface area contributed by atoms with Crippen LogP contribution in [0.5, 0.6) is 0 Å². The fraction of sp³-hybridized carbons (Fsp3) is 0.375. The zero-order valence-electron chi connectivity index (χ0n) is 9.01. The normalized spacial score (nSPS) is 13.3. The van der Waals surface area contributed by atoms with E-state index >= 15 is 0 Å². The maximum absolute atomic E-state index is 11.9. The van der Waals surface area contributed by atoms with Gasteiger partial charge in [-0.25, -0.2) is 17.9 Å². The Morgan fingerprint density at radius 3 is 2.67 bits per heavy atom. The van der Waals surface area contributed by atoms with E-state index in [1.165, 1.54) is 17.4 Å². The molecule has 0 aliphatic rings. The number of hydrogen-bond acceptors (Lipinski definition) is 6. The minimum absolute atomic E-state index is 0.0384. The zero-order chi connectivity index (χ0) is 13.9. The fourth-order valence-electron chi connectivity index (χ4n) is 0.994. The third-order valence-corrected chi connectivity index (χ3v) is 6.03. The molecule has 0 bridgehead atoms. The van der Waals surface area contributed by atoms with Gasteiger partial charge in [-0.3, -0.25) is 0 Å². The van der Waals surface area contributed by atoms with Gasteiger partial charge in [0.25, 0.3) is 0 Å². The molecule has 2 N–H and O–H groups in total. The second-order valence-electron chi connectivity index (χ2n) is 3.08. The van der Waals surface area contributed by atoms with Crippen molar-refractivity contribution in [3.8, 4) is 0 Å². The smallest absolute Gasteiger partial charge is 0.336 e. The van der Waals surface area contributed by atoms with Gasteiger partial charge in [0.2, 0.25) is 10.0 Å². The van der Waals surface area contributed by atoms with E-state index in [9.17, 15) is 18.3 Å². The molecule has 18 heavy (non-hydrogen) atoms. The minimum atomic E-state index is -3.79. The maximum Gasteiger partial charge on any atom is 0.336 e. The van der Waals surface area contributed by atoms with Crippen molar-refractivity contribution >= 4 is 59.2 Å². The molecule has 1 unspecified atom stereocenters. The lowest BCUT2D eigenvalue weighted by Gasteiger charge is -2.09. The van der Waals surface area contributed by atoms with Gasteiger partial charge in [-0.15, -0.1) is 11.3 Å². The lowest BCUT2D eigenvalue weighted by atomic mass is 10.4. The summed E-state index contributed by atoms with van der Waals surface area (Å²) in [4.78, 5) is 11.0. The lowest BCUT2D eigenvalue weighted by molar-refractivity contribution is -0.149. The standard InChI is InChI=1S/C8H9Br2NO5S2/c1-16-8(13)4(12)3-11-18(14,15)5-2-6(9)17-7(5)10/h2,4,11-12H,3H2,1H3. The molecular weight excluding hydrogens is 414 g/mol. The summed E-state index contributed by atoms with van der Waals surface area (Å²) in [6, 6.07) is 1.42. The van der Waals surface area contributed by atoms with Crippen molar-refractivity contribution in [1.82, 2.24) is 4.72 Å². The van der Waals surface area contributed by atoms with E-state index in [0.29, 0.717) is 7.57 Å². The van der Waals surface area contributed by atoms with Gasteiger partial charge >= 0.3 is 5.97 Å². The highest BCUT2D eigenvalue weighted by atomic mass is 79.9. The van der Waals surface area contributed by atoms with E-state index in [0.717, 1.165) is 7.11 Å². The Hall–Kier alpha value is -0.000000000000000333. The van der Waals surface area contributed by atoms with Crippen LogP contribution < -0.4 is 4.72 Å². The number of sulfonamides is 1. The van der Waals surface area contributed by atoms with Gasteiger partial charge < -0.3 is 9.84 Å². The molecule has 102 valence electrons. The molecule has 0 fully saturated rings. The molecular formula is C8H9Br2NO5S2. The first-order valence-corrected chi connectivity index (χ1v) is 8.37. The van der Waals surface area contributed by atoms with Gasteiger partial charge in [-0.1, -0.05) is 0 Å². The van der Waals surface area contributed by atoms with E-state index in [2.05, 4.69) is 41.3 Å². The molecule has 1 heterocycles. The number of halogens is 2. The highest BCUT2D eigenvalue weighted by Gasteiger charge is 2.23. The molecule has 0 aliphatic carbocycles. The Morgan fingerprint density at radius 1 is 1.61 bits per heavy atom. The Kier molecular flexibility index (Phi) is 5.74. The van der Waals surface area contributed by atoms with Crippen LogP contribution in [-0.2, 0) is 19.6 Å². The zero-order valence-corrected chi connectivity index (χ0v) is 13.8. The van der Waals surface area contributed by atoms with Crippen LogP contribution in [0.3, 0.4) is 0 Å². The molecule has 10 heteroatoms. The summed E-state index contributed by atoms with van der Waals surface area (Å²) in [5, 5.41) is 9.28. The highest BCUT2D eigenvalue weighted by molar-refractivity contribution is 9.12. The third kappa shape index (κ3) is 4.00. The first-order valence-electron chi connectivity index (χ1n) is 4.48. The Bertz CT molecular complexity index is 542. The lowest BCUT2D eigenvalue weighted by Crippen LogP contribution is -2.37. The van der Waals surface area contributed by atoms with Gasteiger partial charge in [0.1, 0.15) is 4.90 Å². The van der Waals surface area contributed by atoms with Crippen LogP contribution in [0.25, 0.3) is 0 Å². The van der Waals surface area contributed by atoms with E-state index in [1.807, 2.05) is 0 Å². The third-order valence-electron chi connectivity index (χ3n) is 1.85. The second-order valence-corrected chi connectivity index (χ2v) is 8.56. The van der Waals surface area contributed by atoms with Crippen LogP contribution in [0.1, 0.15) is 0 Å². The molecule has 0 aliphatic heterocycles. The number of carbonyl (C=O) groups excluding carboxylic acids is 1. The van der Waals surface area contributed by atoms with Crippen LogP contribution in [0.2, 0.25) is 0 Å². The average molecular weight is 423 g/mol. The number of thiophene rings is 1. The molecule has 0 amide bonds. The van der Waals surface area contributed by atoms with Crippen molar-refractivity contribution in [2.45, 2.75) is 11.0 Å². The van der Waals surface area contributed by atoms with Crippen molar-refractivity contribution < 1.29 is 23.1 Å². The molecule has 1 aromatic heterocycles. The second kappa shape index (κ2) is 6.44. The fourth-order valence-corrected chi connectivity index (χ4v) is 5.84. The molecule has 1 rings (SSSR count). The van der Waals surface area contributed by atoms with Crippen molar-refractivity contribution in [3.63, 3.8) is 0 Å². The van der Waals surface area contributed by atoms with Gasteiger partial charge in [0.15, 0.2) is 6.10 Å². The van der Waals surface area contributed by atoms with Gasteiger partial charge in [-0.2, -0.15) is 0 Å². The number of methoxy groups -OCH3 is 1. The number of nitrogens with one attached hydrogen (secondary N) is 1. The molecule has 1 aromatic rings. The minimum Gasteiger partial charge on any atom is -0.467 e. The van der Waals surface area contributed by atoms with Crippen molar-refractivity contribution in [2.75, 3.05) is 13.7 Å². The number of hydrogen-bond donors (Lipinski definition) is 2. The molecule has 6 nitrogen and oxygen atoms in total. The van der Waals surface area contributed by atoms with Crippen molar-refractivity contribution in [3.05, 3.63) is 13.6 Å². The molecule has 1 atom stereocenters. The van der Waals surface area contributed by atoms with E-state index in [1.54, 1.807) is 0 Å². The highest BCUT2D eigenvalue weighted by Crippen LogP contribution is 2.34. The monoisotopic (exact) mass is 421 g/mol. The number of ether oxygens (including phenoxy) is 1. The van der Waals surface area contributed by atoms with Gasteiger partial charge in [-0.05, 0) is 37.9 Å². The van der Waals surface area contributed by atoms with E-state index < -0.39 is 28.6 Å². The Balaban J connectivity index is 2.78. The number of aliphatic hydroxyl groups excluding tert-OH is 1. The number of esters is 1. The van der Waals surface area contributed by atoms with Crippen LogP contribution in [-0.4, -0.2) is 39.3 Å². The maximum atomic E-state index is 11.9. The summed E-state index contributed by atoms with van der Waals surface area (Å²) in [6.45, 7) is -0.449. The molecule has 0 saturated heterocycles. The first-order chi connectivity index (χ1) is 8.27. The Labute approximate surface area is 125 Å². The van der Waals surface area contributed by atoms with Crippen molar-refractivity contribution in [2.24, 2.45) is 0 Å². The summed E-state index contributed by atoms with van der Waals surface area (Å²) in [6.07, 6.45) is -1.54.